The van der Waals surface area contributed by atoms with Gasteiger partial charge in [-0.05, 0) is 26.2 Å². The second-order valence-corrected chi connectivity index (χ2v) is 5.01. The lowest BCUT2D eigenvalue weighted by molar-refractivity contribution is 0.561. The molecule has 0 unspecified atom stereocenters. The smallest absolute Gasteiger partial charge is 0.225 e. The molecule has 92 valence electrons. The molecular weight excluding hydrogens is 212 g/mol. The molecule has 0 spiro atoms. The summed E-state index contributed by atoms with van der Waals surface area (Å²) in [4.78, 5) is 11.8. The molecule has 17 heavy (non-hydrogen) atoms. The molecular formula is C13H20N4. The lowest BCUT2D eigenvalue weighted by Gasteiger charge is -2.28. The van der Waals surface area contributed by atoms with Crippen molar-refractivity contribution in [3.63, 3.8) is 0 Å². The Labute approximate surface area is 102 Å². The van der Waals surface area contributed by atoms with Crippen LogP contribution in [-0.2, 0) is 13.0 Å². The summed E-state index contributed by atoms with van der Waals surface area (Å²) in [7, 11) is 0. The summed E-state index contributed by atoms with van der Waals surface area (Å²) in [6.07, 6.45) is 4.95. The van der Waals surface area contributed by atoms with Crippen molar-refractivity contribution in [1.29, 1.82) is 0 Å². The Hall–Kier alpha value is -1.16. The highest BCUT2D eigenvalue weighted by Crippen LogP contribution is 2.21. The minimum Gasteiger partial charge on any atom is -0.341 e. The first kappa shape index (κ1) is 11.0. The van der Waals surface area contributed by atoms with Crippen molar-refractivity contribution in [3.05, 3.63) is 17.0 Å². The normalized spacial score (nSPS) is 20.2. The molecule has 3 rings (SSSR count). The molecule has 0 amide bonds. The topological polar surface area (TPSA) is 41.1 Å². The third kappa shape index (κ3) is 2.14. The standard InChI is InChI=1S/C13H20N4/c1-10-11-9-14-6-5-12(11)16-13(15-10)17-7-3-2-4-8-17/h14H,2-9H2,1H3. The molecule has 1 N–H and O–H groups in total. The first-order chi connectivity index (χ1) is 8.34. The Morgan fingerprint density at radius 3 is 2.76 bits per heavy atom. The van der Waals surface area contributed by atoms with Crippen molar-refractivity contribution in [2.45, 2.75) is 39.2 Å². The van der Waals surface area contributed by atoms with Gasteiger partial charge in [-0.3, -0.25) is 0 Å². The van der Waals surface area contributed by atoms with E-state index in [-0.39, 0.29) is 0 Å². The number of piperidine rings is 1. The fraction of sp³-hybridized carbons (Fsp3) is 0.692. The van der Waals surface area contributed by atoms with Crippen LogP contribution in [-0.4, -0.2) is 29.6 Å². The van der Waals surface area contributed by atoms with Crippen molar-refractivity contribution in [1.82, 2.24) is 15.3 Å². The quantitative estimate of drug-likeness (QED) is 0.795. The molecule has 0 atom stereocenters. The second-order valence-electron chi connectivity index (χ2n) is 5.01. The van der Waals surface area contributed by atoms with Crippen molar-refractivity contribution in [3.8, 4) is 0 Å². The van der Waals surface area contributed by atoms with Crippen LogP contribution in [0.15, 0.2) is 0 Å². The Morgan fingerprint density at radius 1 is 1.12 bits per heavy atom. The van der Waals surface area contributed by atoms with Crippen LogP contribution >= 0.6 is 0 Å². The summed E-state index contributed by atoms with van der Waals surface area (Å²) in [5.41, 5.74) is 3.73. The van der Waals surface area contributed by atoms with Gasteiger partial charge in [0.15, 0.2) is 0 Å². The largest absolute Gasteiger partial charge is 0.341 e. The maximum atomic E-state index is 4.77. The van der Waals surface area contributed by atoms with Gasteiger partial charge < -0.3 is 10.2 Å². The number of aryl methyl sites for hydroxylation is 1. The van der Waals surface area contributed by atoms with E-state index in [1.165, 1.54) is 30.5 Å². The highest BCUT2D eigenvalue weighted by molar-refractivity contribution is 5.38. The molecule has 1 aromatic heterocycles. The van der Waals surface area contributed by atoms with E-state index in [2.05, 4.69) is 22.1 Å². The zero-order chi connectivity index (χ0) is 11.7. The maximum Gasteiger partial charge on any atom is 0.225 e. The van der Waals surface area contributed by atoms with Crippen LogP contribution in [0.5, 0.6) is 0 Å². The molecule has 4 heteroatoms. The number of aromatic nitrogens is 2. The van der Waals surface area contributed by atoms with E-state index >= 15 is 0 Å². The number of anilines is 1. The molecule has 1 saturated heterocycles. The Balaban J connectivity index is 1.92. The molecule has 0 saturated carbocycles. The van der Waals surface area contributed by atoms with Crippen molar-refractivity contribution in [2.75, 3.05) is 24.5 Å². The predicted octanol–water partition coefficient (Wildman–Crippen LogP) is 1.42. The lowest BCUT2D eigenvalue weighted by Crippen LogP contribution is -2.33. The van der Waals surface area contributed by atoms with Gasteiger partial charge in [-0.25, -0.2) is 9.97 Å². The van der Waals surface area contributed by atoms with Gasteiger partial charge >= 0.3 is 0 Å². The number of fused-ring (bicyclic) bond motifs is 1. The predicted molar refractivity (Wildman–Crippen MR) is 68.2 cm³/mol. The molecule has 3 heterocycles. The van der Waals surface area contributed by atoms with Gasteiger partial charge in [0.1, 0.15) is 0 Å². The Morgan fingerprint density at radius 2 is 1.94 bits per heavy atom. The summed E-state index contributed by atoms with van der Waals surface area (Å²) < 4.78 is 0. The van der Waals surface area contributed by atoms with Gasteiger partial charge in [0.05, 0.1) is 5.69 Å². The molecule has 1 aromatic rings. The van der Waals surface area contributed by atoms with E-state index in [0.717, 1.165) is 44.2 Å². The first-order valence-corrected chi connectivity index (χ1v) is 6.66. The third-order valence-electron chi connectivity index (χ3n) is 3.77. The zero-order valence-electron chi connectivity index (χ0n) is 10.5. The van der Waals surface area contributed by atoms with E-state index in [9.17, 15) is 0 Å². The highest BCUT2D eigenvalue weighted by atomic mass is 15.3. The fourth-order valence-electron chi connectivity index (χ4n) is 2.73. The molecule has 0 aromatic carbocycles. The minimum atomic E-state index is 0.932. The monoisotopic (exact) mass is 232 g/mol. The zero-order valence-corrected chi connectivity index (χ0v) is 10.5. The van der Waals surface area contributed by atoms with Gasteiger partial charge in [0.25, 0.3) is 0 Å². The SMILES string of the molecule is Cc1nc(N2CCCCC2)nc2c1CNCC2. The van der Waals surface area contributed by atoms with Gasteiger partial charge in [0.2, 0.25) is 5.95 Å². The van der Waals surface area contributed by atoms with Crippen LogP contribution in [0.1, 0.15) is 36.2 Å². The molecule has 2 aliphatic heterocycles. The molecule has 0 bridgehead atoms. The first-order valence-electron chi connectivity index (χ1n) is 6.66. The summed E-state index contributed by atoms with van der Waals surface area (Å²) >= 11 is 0. The molecule has 2 aliphatic rings. The highest BCUT2D eigenvalue weighted by Gasteiger charge is 2.19. The molecule has 0 radical (unpaired) electrons. The van der Waals surface area contributed by atoms with Crippen molar-refractivity contribution in [2.24, 2.45) is 0 Å². The summed E-state index contributed by atoms with van der Waals surface area (Å²) in [6.45, 7) is 6.33. The van der Waals surface area contributed by atoms with E-state index in [4.69, 9.17) is 4.98 Å². The van der Waals surface area contributed by atoms with E-state index in [1.54, 1.807) is 0 Å². The molecule has 1 fully saturated rings. The van der Waals surface area contributed by atoms with Crippen LogP contribution in [0.3, 0.4) is 0 Å². The maximum absolute atomic E-state index is 4.77. The summed E-state index contributed by atoms with van der Waals surface area (Å²) in [6, 6.07) is 0. The number of nitrogens with zero attached hydrogens (tertiary/aromatic N) is 3. The summed E-state index contributed by atoms with van der Waals surface area (Å²) in [5, 5.41) is 3.39. The van der Waals surface area contributed by atoms with Crippen LogP contribution in [0.4, 0.5) is 5.95 Å². The van der Waals surface area contributed by atoms with E-state index < -0.39 is 0 Å². The molecule has 0 aliphatic carbocycles. The van der Waals surface area contributed by atoms with Gasteiger partial charge in [0, 0.05) is 43.9 Å². The van der Waals surface area contributed by atoms with Crippen LogP contribution in [0.2, 0.25) is 0 Å². The van der Waals surface area contributed by atoms with E-state index in [0.29, 0.717) is 0 Å². The van der Waals surface area contributed by atoms with E-state index in [1.807, 2.05) is 0 Å². The second kappa shape index (κ2) is 4.61. The van der Waals surface area contributed by atoms with Crippen LogP contribution in [0.25, 0.3) is 0 Å². The Bertz CT molecular complexity index is 410. The number of hydrogen-bond donors (Lipinski definition) is 1. The van der Waals surface area contributed by atoms with Crippen molar-refractivity contribution < 1.29 is 0 Å². The van der Waals surface area contributed by atoms with Gasteiger partial charge in [-0.1, -0.05) is 0 Å². The number of rotatable bonds is 1. The average Bonchev–Trinajstić information content (AvgIpc) is 2.40. The minimum absolute atomic E-state index is 0.932. The summed E-state index contributed by atoms with van der Waals surface area (Å²) in [5.74, 6) is 0.961. The molecule has 4 nitrogen and oxygen atoms in total. The van der Waals surface area contributed by atoms with Crippen LogP contribution in [0, 0.1) is 6.92 Å². The van der Waals surface area contributed by atoms with Crippen LogP contribution < -0.4 is 10.2 Å². The van der Waals surface area contributed by atoms with Gasteiger partial charge in [-0.15, -0.1) is 0 Å². The third-order valence-corrected chi connectivity index (χ3v) is 3.77. The van der Waals surface area contributed by atoms with Crippen molar-refractivity contribution >= 4 is 5.95 Å². The Kier molecular flexibility index (Phi) is 2.97. The lowest BCUT2D eigenvalue weighted by atomic mass is 10.1. The van der Waals surface area contributed by atoms with Gasteiger partial charge in [-0.2, -0.15) is 0 Å². The average molecular weight is 232 g/mol. The fourth-order valence-corrected chi connectivity index (χ4v) is 2.73. The number of hydrogen-bond acceptors (Lipinski definition) is 4. The number of nitrogens with one attached hydrogen (secondary N) is 1.